The van der Waals surface area contributed by atoms with Crippen LogP contribution in [0.25, 0.3) is 0 Å². The molecule has 6 heteroatoms. The average molecular weight is 245 g/mol. The fourth-order valence-corrected chi connectivity index (χ4v) is 1.56. The molecule has 94 valence electrons. The Morgan fingerprint density at radius 1 is 1.33 bits per heavy atom. The van der Waals surface area contributed by atoms with Crippen molar-refractivity contribution in [3.05, 3.63) is 42.5 Å². The number of nitrogens with two attached hydrogens (primary N) is 1. The van der Waals surface area contributed by atoms with Crippen LogP contribution in [0.1, 0.15) is 5.82 Å². The topological polar surface area (TPSA) is 85.0 Å². The minimum atomic E-state index is -0.566. The second-order valence-corrected chi connectivity index (χ2v) is 3.87. The van der Waals surface area contributed by atoms with E-state index in [1.807, 2.05) is 29.9 Å². The van der Waals surface area contributed by atoms with E-state index in [0.29, 0.717) is 12.2 Å². The van der Waals surface area contributed by atoms with E-state index in [-0.39, 0.29) is 0 Å². The van der Waals surface area contributed by atoms with Crippen LogP contribution in [0, 0.1) is 0 Å². The van der Waals surface area contributed by atoms with Crippen LogP contribution < -0.4 is 16.4 Å². The highest BCUT2D eigenvalue weighted by Gasteiger charge is 2.00. The highest BCUT2D eigenvalue weighted by molar-refractivity contribution is 5.87. The van der Waals surface area contributed by atoms with E-state index < -0.39 is 6.03 Å². The molecule has 1 aromatic heterocycles. The Morgan fingerprint density at radius 2 is 2.00 bits per heavy atom. The molecular weight excluding hydrogens is 230 g/mol. The molecule has 2 aromatic rings. The summed E-state index contributed by atoms with van der Waals surface area (Å²) in [7, 11) is 1.95. The largest absolute Gasteiger partial charge is 0.378 e. The molecule has 18 heavy (non-hydrogen) atoms. The number of carbonyl (C=O) groups excluding carboxylic acids is 1. The molecule has 0 unspecified atom stereocenters. The molecule has 6 nitrogen and oxygen atoms in total. The van der Waals surface area contributed by atoms with Crippen LogP contribution in [0.3, 0.4) is 0 Å². The number of hydrogen-bond donors (Lipinski definition) is 3. The van der Waals surface area contributed by atoms with Crippen LogP contribution in [0.5, 0.6) is 0 Å². The van der Waals surface area contributed by atoms with Gasteiger partial charge in [-0.3, -0.25) is 0 Å². The number of aryl methyl sites for hydroxylation is 1. The van der Waals surface area contributed by atoms with Crippen LogP contribution in [0.15, 0.2) is 36.7 Å². The number of benzene rings is 1. The predicted molar refractivity (Wildman–Crippen MR) is 70.2 cm³/mol. The first-order valence-corrected chi connectivity index (χ1v) is 5.52. The van der Waals surface area contributed by atoms with E-state index in [4.69, 9.17) is 5.73 Å². The van der Waals surface area contributed by atoms with Gasteiger partial charge in [0, 0.05) is 30.8 Å². The molecule has 1 heterocycles. The third kappa shape index (κ3) is 3.00. The number of amides is 2. The zero-order chi connectivity index (χ0) is 13.0. The SMILES string of the molecule is Cn1ccnc1CNc1ccc(NC(N)=O)cc1. The highest BCUT2D eigenvalue weighted by atomic mass is 16.2. The maximum Gasteiger partial charge on any atom is 0.316 e. The number of rotatable bonds is 4. The third-order valence-electron chi connectivity index (χ3n) is 2.52. The Kier molecular flexibility index (Phi) is 3.47. The lowest BCUT2D eigenvalue weighted by Crippen LogP contribution is -2.19. The summed E-state index contributed by atoms with van der Waals surface area (Å²) in [5.74, 6) is 0.953. The van der Waals surface area contributed by atoms with Crippen molar-refractivity contribution in [3.63, 3.8) is 0 Å². The summed E-state index contributed by atoms with van der Waals surface area (Å²) in [5.41, 5.74) is 6.65. The first kappa shape index (κ1) is 12.0. The molecule has 0 bridgehead atoms. The number of urea groups is 1. The Bertz CT molecular complexity index is 532. The normalized spacial score (nSPS) is 10.1. The van der Waals surface area contributed by atoms with Crippen LogP contribution in [0.2, 0.25) is 0 Å². The number of nitrogens with one attached hydrogen (secondary N) is 2. The molecular formula is C12H15N5O. The number of primary amides is 1. The smallest absolute Gasteiger partial charge is 0.316 e. The number of anilines is 2. The quantitative estimate of drug-likeness (QED) is 0.763. The summed E-state index contributed by atoms with van der Waals surface area (Å²) in [4.78, 5) is 14.9. The van der Waals surface area contributed by atoms with Gasteiger partial charge in [-0.05, 0) is 24.3 Å². The Morgan fingerprint density at radius 3 is 2.56 bits per heavy atom. The average Bonchev–Trinajstić information content (AvgIpc) is 2.73. The number of aromatic nitrogens is 2. The van der Waals surface area contributed by atoms with Crippen molar-refractivity contribution in [3.8, 4) is 0 Å². The Balaban J connectivity index is 1.94. The molecule has 1 aromatic carbocycles. The minimum absolute atomic E-state index is 0.566. The first-order valence-electron chi connectivity index (χ1n) is 5.52. The molecule has 0 saturated heterocycles. The van der Waals surface area contributed by atoms with E-state index >= 15 is 0 Å². The lowest BCUT2D eigenvalue weighted by molar-refractivity contribution is 0.259. The zero-order valence-corrected chi connectivity index (χ0v) is 10.1. The van der Waals surface area contributed by atoms with Gasteiger partial charge in [0.2, 0.25) is 0 Å². The van der Waals surface area contributed by atoms with Gasteiger partial charge in [0.25, 0.3) is 0 Å². The van der Waals surface area contributed by atoms with E-state index in [2.05, 4.69) is 15.6 Å². The maximum absolute atomic E-state index is 10.7. The fraction of sp³-hybridized carbons (Fsp3) is 0.167. The van der Waals surface area contributed by atoms with E-state index in [0.717, 1.165) is 11.5 Å². The Hall–Kier alpha value is -2.50. The van der Waals surface area contributed by atoms with Crippen molar-refractivity contribution in [2.24, 2.45) is 12.8 Å². The summed E-state index contributed by atoms with van der Waals surface area (Å²) in [6, 6.07) is 6.74. The molecule has 0 atom stereocenters. The van der Waals surface area contributed by atoms with Crippen LogP contribution in [0.4, 0.5) is 16.2 Å². The first-order chi connectivity index (χ1) is 8.65. The van der Waals surface area contributed by atoms with Crippen LogP contribution >= 0.6 is 0 Å². The molecule has 2 amide bonds. The van der Waals surface area contributed by atoms with E-state index in [9.17, 15) is 4.79 Å². The van der Waals surface area contributed by atoms with Crippen molar-refractivity contribution in [1.82, 2.24) is 9.55 Å². The van der Waals surface area contributed by atoms with Crippen molar-refractivity contribution in [1.29, 1.82) is 0 Å². The van der Waals surface area contributed by atoms with Crippen LogP contribution in [-0.2, 0) is 13.6 Å². The third-order valence-corrected chi connectivity index (χ3v) is 2.52. The second-order valence-electron chi connectivity index (χ2n) is 3.87. The maximum atomic E-state index is 10.7. The summed E-state index contributed by atoms with van der Waals surface area (Å²) in [6.45, 7) is 0.645. The minimum Gasteiger partial charge on any atom is -0.378 e. The molecule has 0 radical (unpaired) electrons. The van der Waals surface area contributed by atoms with Gasteiger partial charge in [0.15, 0.2) is 0 Å². The van der Waals surface area contributed by atoms with Gasteiger partial charge in [-0.25, -0.2) is 9.78 Å². The van der Waals surface area contributed by atoms with Gasteiger partial charge in [0.1, 0.15) is 5.82 Å². The summed E-state index contributed by atoms with van der Waals surface area (Å²) < 4.78 is 1.95. The van der Waals surface area contributed by atoms with Gasteiger partial charge in [-0.2, -0.15) is 0 Å². The standard InChI is InChI=1S/C12H15N5O/c1-17-7-6-14-11(17)8-15-9-2-4-10(5-3-9)16-12(13)18/h2-7,15H,8H2,1H3,(H3,13,16,18). The number of carbonyl (C=O) groups is 1. The monoisotopic (exact) mass is 245 g/mol. The molecule has 4 N–H and O–H groups in total. The number of nitrogens with zero attached hydrogens (tertiary/aromatic N) is 2. The number of imidazole rings is 1. The predicted octanol–water partition coefficient (Wildman–Crippen LogP) is 1.52. The zero-order valence-electron chi connectivity index (χ0n) is 10.1. The lowest BCUT2D eigenvalue weighted by atomic mass is 10.3. The molecule has 0 aliphatic carbocycles. The highest BCUT2D eigenvalue weighted by Crippen LogP contribution is 2.13. The molecule has 0 fully saturated rings. The summed E-state index contributed by atoms with van der Waals surface area (Å²) >= 11 is 0. The molecule has 0 aliphatic heterocycles. The van der Waals surface area contributed by atoms with Gasteiger partial charge < -0.3 is 20.9 Å². The van der Waals surface area contributed by atoms with E-state index in [1.165, 1.54) is 0 Å². The van der Waals surface area contributed by atoms with E-state index in [1.54, 1.807) is 18.3 Å². The molecule has 0 saturated carbocycles. The summed E-state index contributed by atoms with van der Waals surface area (Å²) in [6.07, 6.45) is 3.66. The number of hydrogen-bond acceptors (Lipinski definition) is 3. The van der Waals surface area contributed by atoms with Gasteiger partial charge >= 0.3 is 6.03 Å². The van der Waals surface area contributed by atoms with Crippen LogP contribution in [-0.4, -0.2) is 15.6 Å². The molecule has 0 aliphatic rings. The fourth-order valence-electron chi connectivity index (χ4n) is 1.56. The van der Waals surface area contributed by atoms with Gasteiger partial charge in [-0.15, -0.1) is 0 Å². The van der Waals surface area contributed by atoms with Gasteiger partial charge in [-0.1, -0.05) is 0 Å². The van der Waals surface area contributed by atoms with Crippen molar-refractivity contribution in [2.45, 2.75) is 6.54 Å². The molecule has 2 rings (SSSR count). The van der Waals surface area contributed by atoms with Crippen molar-refractivity contribution >= 4 is 17.4 Å². The summed E-state index contributed by atoms with van der Waals surface area (Å²) in [5, 5.41) is 5.75. The van der Waals surface area contributed by atoms with Crippen molar-refractivity contribution < 1.29 is 4.79 Å². The molecule has 0 spiro atoms. The Labute approximate surface area is 105 Å². The second kappa shape index (κ2) is 5.22. The lowest BCUT2D eigenvalue weighted by Gasteiger charge is -2.07. The van der Waals surface area contributed by atoms with Gasteiger partial charge in [0.05, 0.1) is 6.54 Å². The van der Waals surface area contributed by atoms with Crippen molar-refractivity contribution in [2.75, 3.05) is 10.6 Å².